The summed E-state index contributed by atoms with van der Waals surface area (Å²) in [7, 11) is 0. The molecule has 59 heavy (non-hydrogen) atoms. The average Bonchev–Trinajstić information content (AvgIpc) is 3.18. The molecule has 0 aromatic heterocycles. The topological polar surface area (TPSA) is 267 Å². The first-order valence-electron chi connectivity index (χ1n) is 20.0. The fourth-order valence-corrected chi connectivity index (χ4v) is 6.05. The highest BCUT2D eigenvalue weighted by atomic mass is 16.4. The third-order valence-electron chi connectivity index (χ3n) is 9.44. The minimum absolute atomic E-state index is 0.00810. The minimum Gasteiger partial charge on any atom is -0.480 e. The van der Waals surface area contributed by atoms with Crippen LogP contribution in [0.25, 0.3) is 0 Å². The van der Waals surface area contributed by atoms with Crippen molar-refractivity contribution >= 4 is 47.8 Å². The molecule has 17 nitrogen and oxygen atoms in total. The van der Waals surface area contributed by atoms with E-state index in [-0.39, 0.29) is 31.6 Å². The zero-order chi connectivity index (χ0) is 44.1. The zero-order valence-electron chi connectivity index (χ0n) is 34.8. The molecule has 0 bridgehead atoms. The second-order valence-corrected chi connectivity index (χ2v) is 15.3. The Balaban J connectivity index is 2.29. The predicted octanol–water partition coefficient (Wildman–Crippen LogP) is 0.451. The summed E-state index contributed by atoms with van der Waals surface area (Å²) >= 11 is 0. The number of carbonyl (C=O) groups excluding carboxylic acids is 7. The largest absolute Gasteiger partial charge is 0.480 e. The average molecular weight is 823 g/mol. The maximum atomic E-state index is 14.0. The molecule has 0 aliphatic rings. The van der Waals surface area contributed by atoms with Crippen molar-refractivity contribution in [3.05, 3.63) is 71.8 Å². The van der Waals surface area contributed by atoms with Crippen LogP contribution in [0.15, 0.2) is 60.7 Å². The van der Waals surface area contributed by atoms with Gasteiger partial charge >= 0.3 is 5.97 Å². The molecule has 0 radical (unpaired) electrons. The number of nitrogens with one attached hydrogen (secondary N) is 7. The SMILES string of the molecule is CC(C)C[C@H](NC(=O)[C@H](CCCCN)NC(=O)[C@H](C)NC(=O)[C@H](C)NC=O)C(=O)N[C@H](C(=O)N[C@@H](Cc1ccccc1)C(=O)N[C@@H](Cc1ccccc1)C(=O)O)C(C)C. The van der Waals surface area contributed by atoms with E-state index in [1.54, 1.807) is 74.5 Å². The predicted molar refractivity (Wildman–Crippen MR) is 221 cm³/mol. The van der Waals surface area contributed by atoms with Crippen molar-refractivity contribution in [3.63, 3.8) is 0 Å². The highest BCUT2D eigenvalue weighted by Gasteiger charge is 2.34. The second kappa shape index (κ2) is 25.5. The van der Waals surface area contributed by atoms with E-state index in [1.165, 1.54) is 13.8 Å². The van der Waals surface area contributed by atoms with Crippen LogP contribution in [0.4, 0.5) is 0 Å². The second-order valence-electron chi connectivity index (χ2n) is 15.3. The van der Waals surface area contributed by atoms with Crippen molar-refractivity contribution in [3.8, 4) is 0 Å². The minimum atomic E-state index is -1.29. The van der Waals surface area contributed by atoms with Gasteiger partial charge < -0.3 is 48.1 Å². The van der Waals surface area contributed by atoms with Crippen LogP contribution in [-0.2, 0) is 51.2 Å². The molecule has 2 aromatic carbocycles. The van der Waals surface area contributed by atoms with Gasteiger partial charge in [-0.25, -0.2) is 4.79 Å². The van der Waals surface area contributed by atoms with Crippen LogP contribution in [0.3, 0.4) is 0 Å². The van der Waals surface area contributed by atoms with Gasteiger partial charge in [0.25, 0.3) is 0 Å². The van der Waals surface area contributed by atoms with Gasteiger partial charge in [-0.15, -0.1) is 0 Å². The quantitative estimate of drug-likeness (QED) is 0.0467. The number of carboxylic acid groups (broad SMARTS) is 1. The van der Waals surface area contributed by atoms with E-state index in [1.807, 2.05) is 13.8 Å². The van der Waals surface area contributed by atoms with Gasteiger partial charge in [0, 0.05) is 12.8 Å². The molecule has 0 unspecified atom stereocenters. The zero-order valence-corrected chi connectivity index (χ0v) is 34.8. The summed E-state index contributed by atoms with van der Waals surface area (Å²) in [6.07, 6.45) is 1.74. The number of amides is 7. The summed E-state index contributed by atoms with van der Waals surface area (Å²) in [6, 6.07) is 9.74. The summed E-state index contributed by atoms with van der Waals surface area (Å²) in [5.41, 5.74) is 7.06. The van der Waals surface area contributed by atoms with Gasteiger partial charge in [-0.3, -0.25) is 33.6 Å². The molecule has 7 amide bonds. The molecule has 0 aliphatic carbocycles. The van der Waals surface area contributed by atoms with Crippen molar-refractivity contribution in [2.24, 2.45) is 17.6 Å². The summed E-state index contributed by atoms with van der Waals surface area (Å²) < 4.78 is 0. The lowest BCUT2D eigenvalue weighted by atomic mass is 9.98. The van der Waals surface area contributed by atoms with Crippen molar-refractivity contribution in [1.29, 1.82) is 0 Å². The van der Waals surface area contributed by atoms with E-state index in [2.05, 4.69) is 37.2 Å². The van der Waals surface area contributed by atoms with Crippen LogP contribution in [0.5, 0.6) is 0 Å². The van der Waals surface area contributed by atoms with Crippen LogP contribution >= 0.6 is 0 Å². The maximum absolute atomic E-state index is 14.0. The number of carboxylic acids is 1. The highest BCUT2D eigenvalue weighted by Crippen LogP contribution is 2.12. The van der Waals surface area contributed by atoms with Crippen molar-refractivity contribution < 1.29 is 43.5 Å². The molecule has 0 saturated carbocycles. The number of benzene rings is 2. The Morgan fingerprint density at radius 3 is 1.56 bits per heavy atom. The molecule has 10 N–H and O–H groups in total. The molecule has 17 heteroatoms. The van der Waals surface area contributed by atoms with Gasteiger partial charge in [-0.1, -0.05) is 88.4 Å². The van der Waals surface area contributed by atoms with Gasteiger partial charge in [0.1, 0.15) is 42.3 Å². The number of nitrogens with two attached hydrogens (primary N) is 1. The molecule has 2 aromatic rings. The van der Waals surface area contributed by atoms with Crippen LogP contribution in [0.2, 0.25) is 0 Å². The third-order valence-corrected chi connectivity index (χ3v) is 9.44. The summed E-state index contributed by atoms with van der Waals surface area (Å²) in [5, 5.41) is 28.2. The Morgan fingerprint density at radius 2 is 1.05 bits per heavy atom. The molecule has 0 aliphatic heterocycles. The lowest BCUT2D eigenvalue weighted by Crippen LogP contribution is -2.61. The molecule has 0 saturated heterocycles. The van der Waals surface area contributed by atoms with Crippen molar-refractivity contribution in [1.82, 2.24) is 37.2 Å². The van der Waals surface area contributed by atoms with Crippen LogP contribution in [-0.4, -0.2) is 102 Å². The summed E-state index contributed by atoms with van der Waals surface area (Å²) in [4.78, 5) is 104. The fraction of sp³-hybridized carbons (Fsp3) is 0.524. The molecular weight excluding hydrogens is 761 g/mol. The number of hydrogen-bond donors (Lipinski definition) is 9. The van der Waals surface area contributed by atoms with E-state index in [0.29, 0.717) is 36.9 Å². The van der Waals surface area contributed by atoms with Crippen LogP contribution in [0, 0.1) is 11.8 Å². The summed E-state index contributed by atoms with van der Waals surface area (Å²) in [5.74, 6) is -5.90. The first kappa shape index (κ1) is 49.3. The number of hydrogen-bond acceptors (Lipinski definition) is 9. The Hall–Kier alpha value is -5.84. The number of aliphatic carboxylic acids is 1. The van der Waals surface area contributed by atoms with Gasteiger partial charge in [0.05, 0.1) is 0 Å². The third kappa shape index (κ3) is 17.7. The highest BCUT2D eigenvalue weighted by molar-refractivity contribution is 5.97. The summed E-state index contributed by atoms with van der Waals surface area (Å²) in [6.45, 7) is 10.3. The lowest BCUT2D eigenvalue weighted by molar-refractivity contribution is -0.142. The Bertz CT molecular complexity index is 1690. The maximum Gasteiger partial charge on any atom is 0.326 e. The molecule has 0 heterocycles. The molecular formula is C42H62N8O9. The smallest absolute Gasteiger partial charge is 0.326 e. The van der Waals surface area contributed by atoms with E-state index in [0.717, 1.165) is 0 Å². The van der Waals surface area contributed by atoms with E-state index >= 15 is 0 Å². The van der Waals surface area contributed by atoms with Crippen LogP contribution in [0.1, 0.15) is 78.4 Å². The normalized spacial score (nSPS) is 14.6. The van der Waals surface area contributed by atoms with Gasteiger partial charge in [0.15, 0.2) is 0 Å². The fourth-order valence-electron chi connectivity index (χ4n) is 6.05. The van der Waals surface area contributed by atoms with Crippen molar-refractivity contribution in [2.45, 2.75) is 122 Å². The van der Waals surface area contributed by atoms with E-state index in [4.69, 9.17) is 5.73 Å². The molecule has 0 spiro atoms. The first-order chi connectivity index (χ1) is 28.0. The van der Waals surface area contributed by atoms with Crippen LogP contribution < -0.4 is 43.0 Å². The molecule has 2 rings (SSSR count). The molecule has 0 fully saturated rings. The van der Waals surface area contributed by atoms with Gasteiger partial charge in [-0.2, -0.15) is 0 Å². The molecule has 7 atom stereocenters. The van der Waals surface area contributed by atoms with E-state index in [9.17, 15) is 43.5 Å². The van der Waals surface area contributed by atoms with Gasteiger partial charge in [0.2, 0.25) is 41.9 Å². The lowest BCUT2D eigenvalue weighted by Gasteiger charge is -2.29. The monoisotopic (exact) mass is 822 g/mol. The Labute approximate surface area is 346 Å². The number of unbranched alkanes of at least 4 members (excludes halogenated alkanes) is 1. The standard InChI is InChI=1S/C42H62N8O9/c1-25(2)21-32(47-38(54)31(19-13-14-20-43)46-37(53)28(6)45-36(52)27(5)44-24-51)40(56)50-35(26(3)4)41(57)48-33(22-29-15-9-7-10-16-29)39(55)49-34(42(58)59)23-30-17-11-8-12-18-30/h7-12,15-18,24-28,31-35H,13-14,19-23,43H2,1-6H3,(H,44,51)(H,45,52)(H,46,53)(H,47,54)(H,48,57)(H,49,55)(H,50,56)(H,58,59)/t27-,28-,31-,32-,33-,34-,35-/m0/s1. The van der Waals surface area contributed by atoms with Crippen molar-refractivity contribution in [2.75, 3.05) is 6.54 Å². The van der Waals surface area contributed by atoms with E-state index < -0.39 is 89.6 Å². The number of carbonyl (C=O) groups is 8. The Morgan fingerprint density at radius 1 is 0.576 bits per heavy atom. The first-order valence-corrected chi connectivity index (χ1v) is 20.0. The number of rotatable bonds is 26. The van der Waals surface area contributed by atoms with Gasteiger partial charge in [-0.05, 0) is 69.0 Å². The Kier molecular flexibility index (Phi) is 21.3. The molecule has 324 valence electrons.